The monoisotopic (exact) mass is 302 g/mol. The maximum absolute atomic E-state index is 4.63. The van der Waals surface area contributed by atoms with E-state index in [2.05, 4.69) is 60.7 Å². The molecule has 0 radical (unpaired) electrons. The number of benzene rings is 1. The third-order valence-corrected chi connectivity index (χ3v) is 4.62. The molecule has 0 aliphatic carbocycles. The molecule has 2 aromatic rings. The van der Waals surface area contributed by atoms with Crippen molar-refractivity contribution in [1.29, 1.82) is 0 Å². The van der Waals surface area contributed by atoms with E-state index in [0.29, 0.717) is 5.92 Å². The Balaban J connectivity index is 1.98. The van der Waals surface area contributed by atoms with Crippen LogP contribution in [0.4, 0.5) is 0 Å². The first-order valence-corrected chi connectivity index (χ1v) is 8.72. The van der Waals surface area contributed by atoms with Gasteiger partial charge in [-0.1, -0.05) is 36.8 Å². The SMILES string of the molecule is CCCNCC(Cc1ccc(C)cc1)Cc1nc(C)cs1. The van der Waals surface area contributed by atoms with Crippen LogP contribution in [0.25, 0.3) is 0 Å². The molecular weight excluding hydrogens is 276 g/mol. The van der Waals surface area contributed by atoms with Gasteiger partial charge < -0.3 is 5.32 Å². The molecule has 21 heavy (non-hydrogen) atoms. The second kappa shape index (κ2) is 8.30. The molecule has 1 heterocycles. The van der Waals surface area contributed by atoms with Gasteiger partial charge in [-0.2, -0.15) is 0 Å². The van der Waals surface area contributed by atoms with Gasteiger partial charge in [-0.05, 0) is 51.3 Å². The Morgan fingerprint density at radius 2 is 1.90 bits per heavy atom. The predicted octanol–water partition coefficient (Wildman–Crippen LogP) is 4.16. The number of thiazole rings is 1. The van der Waals surface area contributed by atoms with Crippen LogP contribution in [-0.2, 0) is 12.8 Å². The second-order valence-corrected chi connectivity index (χ2v) is 6.79. The van der Waals surface area contributed by atoms with E-state index in [9.17, 15) is 0 Å². The second-order valence-electron chi connectivity index (χ2n) is 5.85. The number of nitrogens with zero attached hydrogens (tertiary/aromatic N) is 1. The molecule has 2 rings (SSSR count). The average molecular weight is 302 g/mol. The van der Waals surface area contributed by atoms with E-state index in [1.165, 1.54) is 22.6 Å². The van der Waals surface area contributed by atoms with Crippen molar-refractivity contribution in [2.75, 3.05) is 13.1 Å². The van der Waals surface area contributed by atoms with Crippen LogP contribution in [0.5, 0.6) is 0 Å². The summed E-state index contributed by atoms with van der Waals surface area (Å²) in [5, 5.41) is 6.99. The smallest absolute Gasteiger partial charge is 0.0931 e. The summed E-state index contributed by atoms with van der Waals surface area (Å²) < 4.78 is 0. The zero-order chi connectivity index (χ0) is 15.1. The van der Waals surface area contributed by atoms with E-state index in [1.54, 1.807) is 11.3 Å². The van der Waals surface area contributed by atoms with Crippen LogP contribution in [0, 0.1) is 19.8 Å². The Kier molecular flexibility index (Phi) is 6.40. The van der Waals surface area contributed by atoms with Gasteiger partial charge in [-0.15, -0.1) is 11.3 Å². The van der Waals surface area contributed by atoms with Crippen LogP contribution >= 0.6 is 11.3 Å². The van der Waals surface area contributed by atoms with Crippen molar-refractivity contribution in [2.24, 2.45) is 5.92 Å². The minimum atomic E-state index is 0.616. The zero-order valence-corrected chi connectivity index (χ0v) is 14.2. The van der Waals surface area contributed by atoms with Gasteiger partial charge in [0.2, 0.25) is 0 Å². The lowest BCUT2D eigenvalue weighted by molar-refractivity contribution is 0.470. The number of aromatic nitrogens is 1. The van der Waals surface area contributed by atoms with Crippen molar-refractivity contribution in [3.05, 3.63) is 51.5 Å². The van der Waals surface area contributed by atoms with Crippen LogP contribution in [0.15, 0.2) is 29.6 Å². The Bertz CT molecular complexity index is 530. The Labute approximate surface area is 132 Å². The molecule has 0 bridgehead atoms. The fourth-order valence-electron chi connectivity index (χ4n) is 2.50. The van der Waals surface area contributed by atoms with Crippen molar-refractivity contribution in [3.8, 4) is 0 Å². The normalized spacial score (nSPS) is 12.5. The third kappa shape index (κ3) is 5.60. The summed E-state index contributed by atoms with van der Waals surface area (Å²) in [4.78, 5) is 4.63. The van der Waals surface area contributed by atoms with Crippen molar-refractivity contribution in [3.63, 3.8) is 0 Å². The maximum Gasteiger partial charge on any atom is 0.0931 e. The first-order chi connectivity index (χ1) is 10.2. The largest absolute Gasteiger partial charge is 0.316 e. The lowest BCUT2D eigenvalue weighted by Crippen LogP contribution is -2.26. The maximum atomic E-state index is 4.63. The van der Waals surface area contributed by atoms with E-state index >= 15 is 0 Å². The quantitative estimate of drug-likeness (QED) is 0.741. The van der Waals surface area contributed by atoms with Crippen LogP contribution < -0.4 is 5.32 Å². The van der Waals surface area contributed by atoms with Crippen LogP contribution in [0.1, 0.15) is 35.2 Å². The molecule has 1 aromatic heterocycles. The van der Waals surface area contributed by atoms with E-state index < -0.39 is 0 Å². The molecule has 0 fully saturated rings. The first-order valence-electron chi connectivity index (χ1n) is 7.84. The summed E-state index contributed by atoms with van der Waals surface area (Å²) in [6, 6.07) is 8.93. The van der Waals surface area contributed by atoms with Crippen molar-refractivity contribution >= 4 is 11.3 Å². The average Bonchev–Trinajstić information content (AvgIpc) is 2.87. The highest BCUT2D eigenvalue weighted by Crippen LogP contribution is 2.18. The third-order valence-electron chi connectivity index (χ3n) is 3.63. The summed E-state index contributed by atoms with van der Waals surface area (Å²) in [5.74, 6) is 0.616. The lowest BCUT2D eigenvalue weighted by Gasteiger charge is -2.17. The number of hydrogen-bond acceptors (Lipinski definition) is 3. The fraction of sp³-hybridized carbons (Fsp3) is 0.500. The summed E-state index contributed by atoms with van der Waals surface area (Å²) >= 11 is 1.79. The lowest BCUT2D eigenvalue weighted by atomic mass is 9.95. The topological polar surface area (TPSA) is 24.9 Å². The van der Waals surface area contributed by atoms with Crippen molar-refractivity contribution < 1.29 is 0 Å². The molecule has 0 spiro atoms. The van der Waals surface area contributed by atoms with Crippen LogP contribution in [0.2, 0.25) is 0 Å². The highest BCUT2D eigenvalue weighted by molar-refractivity contribution is 7.09. The number of nitrogens with one attached hydrogen (secondary N) is 1. The molecule has 0 aliphatic heterocycles. The highest BCUT2D eigenvalue weighted by Gasteiger charge is 2.12. The minimum Gasteiger partial charge on any atom is -0.316 e. The molecule has 2 nitrogen and oxygen atoms in total. The summed E-state index contributed by atoms with van der Waals surface area (Å²) in [5.41, 5.74) is 3.90. The standard InChI is InChI=1S/C18H26N2S/c1-4-9-19-12-17(11-18-20-15(3)13-21-18)10-16-7-5-14(2)6-8-16/h5-8,13,17,19H,4,9-12H2,1-3H3. The van der Waals surface area contributed by atoms with Crippen LogP contribution in [-0.4, -0.2) is 18.1 Å². The Hall–Kier alpha value is -1.19. The number of aryl methyl sites for hydroxylation is 2. The van der Waals surface area contributed by atoms with Gasteiger partial charge in [0.25, 0.3) is 0 Å². The van der Waals surface area contributed by atoms with E-state index in [4.69, 9.17) is 0 Å². The molecular formula is C18H26N2S. The number of rotatable bonds is 8. The zero-order valence-electron chi connectivity index (χ0n) is 13.4. The van der Waals surface area contributed by atoms with E-state index in [0.717, 1.165) is 31.6 Å². The van der Waals surface area contributed by atoms with Crippen LogP contribution in [0.3, 0.4) is 0 Å². The molecule has 114 valence electrons. The van der Waals surface area contributed by atoms with Crippen molar-refractivity contribution in [2.45, 2.75) is 40.0 Å². The molecule has 3 heteroatoms. The van der Waals surface area contributed by atoms with Crippen molar-refractivity contribution in [1.82, 2.24) is 10.3 Å². The van der Waals surface area contributed by atoms with Gasteiger partial charge in [-0.25, -0.2) is 4.98 Å². The van der Waals surface area contributed by atoms with Gasteiger partial charge in [0.1, 0.15) is 0 Å². The van der Waals surface area contributed by atoms with Gasteiger partial charge in [0.05, 0.1) is 5.01 Å². The highest BCUT2D eigenvalue weighted by atomic mass is 32.1. The molecule has 0 aliphatic rings. The van der Waals surface area contributed by atoms with Gasteiger partial charge in [0.15, 0.2) is 0 Å². The van der Waals surface area contributed by atoms with E-state index in [1.807, 2.05) is 0 Å². The number of hydrogen-bond donors (Lipinski definition) is 1. The molecule has 0 amide bonds. The van der Waals surface area contributed by atoms with Gasteiger partial charge in [-0.3, -0.25) is 0 Å². The fourth-order valence-corrected chi connectivity index (χ4v) is 3.39. The summed E-state index contributed by atoms with van der Waals surface area (Å²) in [6.45, 7) is 8.60. The minimum absolute atomic E-state index is 0.616. The molecule has 0 saturated carbocycles. The Morgan fingerprint density at radius 1 is 1.14 bits per heavy atom. The van der Waals surface area contributed by atoms with E-state index in [-0.39, 0.29) is 0 Å². The summed E-state index contributed by atoms with van der Waals surface area (Å²) in [7, 11) is 0. The first kappa shape index (κ1) is 16.2. The van der Waals surface area contributed by atoms with Gasteiger partial charge >= 0.3 is 0 Å². The molecule has 1 atom stereocenters. The molecule has 0 saturated heterocycles. The molecule has 1 N–H and O–H groups in total. The van der Waals surface area contributed by atoms with Gasteiger partial charge in [0, 0.05) is 17.5 Å². The molecule has 1 aromatic carbocycles. The molecule has 1 unspecified atom stereocenters. The predicted molar refractivity (Wildman–Crippen MR) is 92.1 cm³/mol. The summed E-state index contributed by atoms with van der Waals surface area (Å²) in [6.07, 6.45) is 3.38. The Morgan fingerprint density at radius 3 is 2.52 bits per heavy atom.